The van der Waals surface area contributed by atoms with E-state index in [2.05, 4.69) is 75.0 Å². The minimum absolute atomic E-state index is 0.230. The van der Waals surface area contributed by atoms with Crippen molar-refractivity contribution in [2.45, 2.75) is 46.1 Å². The molecule has 23 heavy (non-hydrogen) atoms. The summed E-state index contributed by atoms with van der Waals surface area (Å²) in [4.78, 5) is 6.57. The van der Waals surface area contributed by atoms with Gasteiger partial charge >= 0.3 is 0 Å². The third-order valence-corrected chi connectivity index (χ3v) is 4.20. The lowest BCUT2D eigenvalue weighted by atomic mass is 9.86. The number of hydrogen-bond acceptors (Lipinski definition) is 2. The van der Waals surface area contributed by atoms with Crippen LogP contribution in [0.15, 0.2) is 48.8 Å². The second-order valence-corrected chi connectivity index (χ2v) is 7.81. The molecule has 1 heterocycles. The molecule has 0 bridgehead atoms. The summed E-state index contributed by atoms with van der Waals surface area (Å²) in [7, 11) is 2.19. The topological polar surface area (TPSA) is 16.1 Å². The minimum Gasteiger partial charge on any atom is -0.302 e. The molecule has 2 nitrogen and oxygen atoms in total. The number of rotatable bonds is 6. The Morgan fingerprint density at radius 1 is 1.04 bits per heavy atom. The molecule has 2 heteroatoms. The summed E-state index contributed by atoms with van der Waals surface area (Å²) in [5.41, 5.74) is 4.34. The average molecular weight is 310 g/mol. The first-order chi connectivity index (χ1) is 10.8. The lowest BCUT2D eigenvalue weighted by molar-refractivity contribution is 0.277. The number of aromatic nitrogens is 1. The van der Waals surface area contributed by atoms with Crippen LogP contribution in [0.25, 0.3) is 0 Å². The van der Waals surface area contributed by atoms with Crippen molar-refractivity contribution < 1.29 is 0 Å². The Balaban J connectivity index is 1.85. The van der Waals surface area contributed by atoms with Gasteiger partial charge in [-0.3, -0.25) is 4.98 Å². The number of benzene rings is 1. The van der Waals surface area contributed by atoms with Gasteiger partial charge in [0.05, 0.1) is 0 Å². The monoisotopic (exact) mass is 310 g/mol. The Morgan fingerprint density at radius 2 is 1.74 bits per heavy atom. The number of nitrogens with zero attached hydrogens (tertiary/aromatic N) is 2. The summed E-state index contributed by atoms with van der Waals surface area (Å²) < 4.78 is 0. The van der Waals surface area contributed by atoms with Crippen molar-refractivity contribution in [2.75, 3.05) is 13.6 Å². The van der Waals surface area contributed by atoms with Gasteiger partial charge in [0.25, 0.3) is 0 Å². The SMILES string of the molecule is CC(Cc1ccc(C(C)(C)C)cc1)CN(C)Cc1cccnc1. The molecule has 0 fully saturated rings. The molecule has 0 aliphatic carbocycles. The first-order valence-electron chi connectivity index (χ1n) is 8.51. The van der Waals surface area contributed by atoms with Crippen LogP contribution in [0.2, 0.25) is 0 Å². The van der Waals surface area contributed by atoms with Gasteiger partial charge in [0.2, 0.25) is 0 Å². The van der Waals surface area contributed by atoms with E-state index in [-0.39, 0.29) is 5.41 Å². The van der Waals surface area contributed by atoms with Crippen LogP contribution in [0.4, 0.5) is 0 Å². The molecule has 0 aliphatic heterocycles. The largest absolute Gasteiger partial charge is 0.302 e. The zero-order chi connectivity index (χ0) is 16.9. The molecular formula is C21H30N2. The van der Waals surface area contributed by atoms with Crippen molar-refractivity contribution in [3.63, 3.8) is 0 Å². The average Bonchev–Trinajstić information content (AvgIpc) is 2.47. The predicted molar refractivity (Wildman–Crippen MR) is 98.6 cm³/mol. The molecule has 2 rings (SSSR count). The van der Waals surface area contributed by atoms with Crippen molar-refractivity contribution in [3.8, 4) is 0 Å². The summed E-state index contributed by atoms with van der Waals surface area (Å²) in [6.45, 7) is 11.2. The Morgan fingerprint density at radius 3 is 2.30 bits per heavy atom. The Labute approximate surface area is 141 Å². The van der Waals surface area contributed by atoms with Crippen LogP contribution in [-0.4, -0.2) is 23.5 Å². The molecule has 1 atom stereocenters. The van der Waals surface area contributed by atoms with E-state index in [0.717, 1.165) is 19.5 Å². The molecule has 1 aromatic heterocycles. The quantitative estimate of drug-likeness (QED) is 0.769. The fourth-order valence-corrected chi connectivity index (χ4v) is 3.01. The van der Waals surface area contributed by atoms with Crippen molar-refractivity contribution in [2.24, 2.45) is 5.92 Å². The standard InChI is InChI=1S/C21H30N2/c1-17(15-23(5)16-19-7-6-12-22-14-19)13-18-8-10-20(11-9-18)21(2,3)4/h6-12,14,17H,13,15-16H2,1-5H3. The molecule has 2 aromatic rings. The van der Waals surface area contributed by atoms with Crippen molar-refractivity contribution >= 4 is 0 Å². The predicted octanol–water partition coefficient (Wildman–Crippen LogP) is 4.69. The lowest BCUT2D eigenvalue weighted by Crippen LogP contribution is -2.25. The molecule has 1 aromatic carbocycles. The van der Waals surface area contributed by atoms with Crippen LogP contribution < -0.4 is 0 Å². The van der Waals surface area contributed by atoms with Crippen molar-refractivity contribution in [1.82, 2.24) is 9.88 Å². The molecule has 0 saturated heterocycles. The van der Waals surface area contributed by atoms with E-state index in [9.17, 15) is 0 Å². The summed E-state index contributed by atoms with van der Waals surface area (Å²) in [5, 5.41) is 0. The second-order valence-electron chi connectivity index (χ2n) is 7.81. The number of pyridine rings is 1. The molecule has 0 saturated carbocycles. The maximum Gasteiger partial charge on any atom is 0.0312 e. The highest BCUT2D eigenvalue weighted by atomic mass is 15.1. The van der Waals surface area contributed by atoms with Crippen LogP contribution in [-0.2, 0) is 18.4 Å². The van der Waals surface area contributed by atoms with E-state index in [1.54, 1.807) is 0 Å². The zero-order valence-corrected chi connectivity index (χ0v) is 15.2. The maximum absolute atomic E-state index is 4.19. The Hall–Kier alpha value is -1.67. The highest BCUT2D eigenvalue weighted by Gasteiger charge is 2.13. The lowest BCUT2D eigenvalue weighted by Gasteiger charge is -2.22. The minimum atomic E-state index is 0.230. The van der Waals surface area contributed by atoms with Gasteiger partial charge in [0.15, 0.2) is 0 Å². The van der Waals surface area contributed by atoms with E-state index in [1.807, 2.05) is 18.5 Å². The Kier molecular flexibility index (Phi) is 5.95. The summed E-state index contributed by atoms with van der Waals surface area (Å²) in [5.74, 6) is 0.636. The zero-order valence-electron chi connectivity index (χ0n) is 15.2. The Bertz CT molecular complexity index is 581. The fourth-order valence-electron chi connectivity index (χ4n) is 3.01. The molecule has 0 radical (unpaired) electrons. The summed E-state index contributed by atoms with van der Waals surface area (Å²) >= 11 is 0. The molecule has 124 valence electrons. The van der Waals surface area contributed by atoms with Gasteiger partial charge in [-0.05, 0) is 47.6 Å². The molecular weight excluding hydrogens is 280 g/mol. The molecule has 1 unspecified atom stereocenters. The number of hydrogen-bond donors (Lipinski definition) is 0. The van der Waals surface area contributed by atoms with E-state index >= 15 is 0 Å². The molecule has 0 amide bonds. The first kappa shape index (κ1) is 17.7. The van der Waals surface area contributed by atoms with E-state index < -0.39 is 0 Å². The van der Waals surface area contributed by atoms with Crippen molar-refractivity contribution in [3.05, 3.63) is 65.5 Å². The fraction of sp³-hybridized carbons (Fsp3) is 0.476. The second kappa shape index (κ2) is 7.74. The van der Waals surface area contributed by atoms with Crippen LogP contribution >= 0.6 is 0 Å². The van der Waals surface area contributed by atoms with Gasteiger partial charge in [-0.2, -0.15) is 0 Å². The molecule has 0 spiro atoms. The first-order valence-corrected chi connectivity index (χ1v) is 8.51. The molecule has 0 N–H and O–H groups in total. The van der Waals surface area contributed by atoms with E-state index in [1.165, 1.54) is 16.7 Å². The van der Waals surface area contributed by atoms with Gasteiger partial charge in [0.1, 0.15) is 0 Å². The van der Waals surface area contributed by atoms with Crippen LogP contribution in [0.1, 0.15) is 44.4 Å². The summed E-state index contributed by atoms with van der Waals surface area (Å²) in [6, 6.07) is 13.3. The van der Waals surface area contributed by atoms with Crippen LogP contribution in [0.5, 0.6) is 0 Å². The highest BCUT2D eigenvalue weighted by Crippen LogP contribution is 2.23. The van der Waals surface area contributed by atoms with Gasteiger partial charge in [-0.25, -0.2) is 0 Å². The smallest absolute Gasteiger partial charge is 0.0312 e. The van der Waals surface area contributed by atoms with Gasteiger partial charge < -0.3 is 4.90 Å². The van der Waals surface area contributed by atoms with Gasteiger partial charge in [-0.15, -0.1) is 0 Å². The van der Waals surface area contributed by atoms with Gasteiger partial charge in [-0.1, -0.05) is 58.0 Å². The van der Waals surface area contributed by atoms with E-state index in [0.29, 0.717) is 5.92 Å². The third kappa shape index (κ3) is 5.80. The van der Waals surface area contributed by atoms with Gasteiger partial charge in [0, 0.05) is 25.5 Å². The van der Waals surface area contributed by atoms with Crippen LogP contribution in [0.3, 0.4) is 0 Å². The van der Waals surface area contributed by atoms with Crippen LogP contribution in [0, 0.1) is 5.92 Å². The van der Waals surface area contributed by atoms with E-state index in [4.69, 9.17) is 0 Å². The third-order valence-electron chi connectivity index (χ3n) is 4.20. The van der Waals surface area contributed by atoms with Crippen molar-refractivity contribution in [1.29, 1.82) is 0 Å². The normalized spacial score (nSPS) is 13.3. The highest BCUT2D eigenvalue weighted by molar-refractivity contribution is 5.27. The maximum atomic E-state index is 4.19. The molecule has 0 aliphatic rings. The summed E-state index contributed by atoms with van der Waals surface area (Å²) in [6.07, 6.45) is 4.90.